The van der Waals surface area contributed by atoms with E-state index in [9.17, 15) is 35.1 Å². The van der Waals surface area contributed by atoms with Gasteiger partial charge in [-0.3, -0.25) is 0 Å². The number of allylic oxidation sites excluding steroid dienone is 1. The highest BCUT2D eigenvalue weighted by Gasteiger charge is 2.48. The van der Waals surface area contributed by atoms with Gasteiger partial charge in [0.15, 0.2) is 6.29 Å². The maximum absolute atomic E-state index is 12.7. The number of aliphatic hydroxyl groups is 4. The quantitative estimate of drug-likeness (QED) is 0.115. The number of esters is 1. The van der Waals surface area contributed by atoms with Gasteiger partial charge in [0.05, 0.1) is 44.2 Å². The van der Waals surface area contributed by atoms with E-state index in [1.165, 1.54) is 31.7 Å². The first kappa shape index (κ1) is 32.6. The zero-order valence-corrected chi connectivity index (χ0v) is 23.3. The standard InChI is InChI=1S/C28H39NO12/c1-5-18-19(7-6-16-10-17(25(34)35)12-29(11-16)8-9-30)20(26(36)37-4)14-38-27(18)41-28-24(39-15(2)3)23(33)22(32)21(13-31)40-28/h5-7,10,12,14-15,18-19,21-24,27-28,30-33H,1,8-9,11,13H2,2-4H3,(H,34,35)/p+1. The van der Waals surface area contributed by atoms with Crippen LogP contribution in [0.25, 0.3) is 0 Å². The molecule has 13 heteroatoms. The van der Waals surface area contributed by atoms with Crippen LogP contribution in [0.4, 0.5) is 0 Å². The number of methoxy groups -OCH3 is 1. The Morgan fingerprint density at radius 3 is 2.54 bits per heavy atom. The summed E-state index contributed by atoms with van der Waals surface area (Å²) < 4.78 is 28.3. The molecule has 41 heavy (non-hydrogen) atoms. The van der Waals surface area contributed by atoms with E-state index in [2.05, 4.69) is 6.58 Å². The monoisotopic (exact) mass is 582 g/mol. The second-order valence-electron chi connectivity index (χ2n) is 10.2. The van der Waals surface area contributed by atoms with E-state index in [4.69, 9.17) is 23.7 Å². The van der Waals surface area contributed by atoms with Gasteiger partial charge >= 0.3 is 11.9 Å². The maximum Gasteiger partial charge on any atom is 0.341 e. The van der Waals surface area contributed by atoms with E-state index in [1.54, 1.807) is 26.0 Å². The summed E-state index contributed by atoms with van der Waals surface area (Å²) in [5.41, 5.74) is 0.872. The third-order valence-electron chi connectivity index (χ3n) is 6.96. The van der Waals surface area contributed by atoms with Gasteiger partial charge in [-0.15, -0.1) is 6.58 Å². The molecule has 0 amide bonds. The van der Waals surface area contributed by atoms with E-state index in [0.29, 0.717) is 18.7 Å². The number of hydrogen-bond acceptors (Lipinski definition) is 11. The van der Waals surface area contributed by atoms with Crippen molar-refractivity contribution in [3.8, 4) is 0 Å². The zero-order valence-electron chi connectivity index (χ0n) is 23.3. The van der Waals surface area contributed by atoms with Crippen molar-refractivity contribution in [3.63, 3.8) is 0 Å². The molecular formula is C28H40NO12+. The fourth-order valence-corrected chi connectivity index (χ4v) is 4.95. The molecule has 0 aromatic rings. The number of carbonyl (C=O) groups is 2. The Bertz CT molecular complexity index is 1070. The normalized spacial score (nSPS) is 34.0. The van der Waals surface area contributed by atoms with Crippen molar-refractivity contribution >= 4 is 11.9 Å². The Labute approximate surface area is 238 Å². The molecule has 9 atom stereocenters. The van der Waals surface area contributed by atoms with Crippen molar-refractivity contribution in [2.24, 2.45) is 11.8 Å². The molecule has 3 aliphatic rings. The Kier molecular flexibility index (Phi) is 11.8. The van der Waals surface area contributed by atoms with Gasteiger partial charge in [-0.1, -0.05) is 18.2 Å². The summed E-state index contributed by atoms with van der Waals surface area (Å²) >= 11 is 0. The number of carboxylic acid groups (broad SMARTS) is 1. The summed E-state index contributed by atoms with van der Waals surface area (Å²) in [5, 5.41) is 49.6. The first-order valence-electron chi connectivity index (χ1n) is 13.3. The molecule has 13 nitrogen and oxygen atoms in total. The number of quaternary nitrogens is 1. The fraction of sp³-hybridized carbons (Fsp3) is 0.571. The lowest BCUT2D eigenvalue weighted by molar-refractivity contribution is -0.842. The van der Waals surface area contributed by atoms with Crippen LogP contribution in [-0.2, 0) is 33.3 Å². The van der Waals surface area contributed by atoms with Gasteiger partial charge in [0.1, 0.15) is 49.3 Å². The molecule has 0 saturated carbocycles. The van der Waals surface area contributed by atoms with Gasteiger partial charge in [0.25, 0.3) is 0 Å². The second kappa shape index (κ2) is 14.8. The number of rotatable bonds is 12. The van der Waals surface area contributed by atoms with Crippen molar-refractivity contribution in [1.29, 1.82) is 0 Å². The summed E-state index contributed by atoms with van der Waals surface area (Å²) in [6.07, 6.45) is 1.28. The molecule has 0 aromatic carbocycles. The number of carboxylic acids is 1. The minimum absolute atomic E-state index is 0.0707. The Hall–Kier alpha value is -2.88. The number of ether oxygens (including phenoxy) is 5. The first-order chi connectivity index (χ1) is 19.5. The minimum Gasteiger partial charge on any atom is -0.477 e. The highest BCUT2D eigenvalue weighted by atomic mass is 16.8. The van der Waals surface area contributed by atoms with E-state index >= 15 is 0 Å². The number of aliphatic hydroxyl groups excluding tert-OH is 4. The predicted octanol–water partition coefficient (Wildman–Crippen LogP) is -1.59. The lowest BCUT2D eigenvalue weighted by atomic mass is 9.83. The molecule has 3 heterocycles. The molecule has 0 spiro atoms. The molecule has 0 aromatic heterocycles. The molecule has 0 bridgehead atoms. The van der Waals surface area contributed by atoms with E-state index in [0.717, 1.165) is 4.90 Å². The molecular weight excluding hydrogens is 542 g/mol. The predicted molar refractivity (Wildman–Crippen MR) is 142 cm³/mol. The average molecular weight is 583 g/mol. The lowest BCUT2D eigenvalue weighted by Gasteiger charge is -2.44. The van der Waals surface area contributed by atoms with Crippen LogP contribution in [0, 0.1) is 11.8 Å². The second-order valence-corrected chi connectivity index (χ2v) is 10.2. The number of aliphatic carboxylic acids is 1. The number of carbonyl (C=O) groups excluding carboxylic acids is 1. The third kappa shape index (κ3) is 7.90. The molecule has 228 valence electrons. The lowest BCUT2D eigenvalue weighted by Crippen LogP contribution is -3.08. The molecule has 3 rings (SSSR count). The summed E-state index contributed by atoms with van der Waals surface area (Å²) in [4.78, 5) is 25.0. The third-order valence-corrected chi connectivity index (χ3v) is 6.96. The largest absolute Gasteiger partial charge is 0.477 e. The van der Waals surface area contributed by atoms with Crippen molar-refractivity contribution in [1.82, 2.24) is 0 Å². The Morgan fingerprint density at radius 1 is 1.22 bits per heavy atom. The Balaban J connectivity index is 1.92. The highest BCUT2D eigenvalue weighted by Crippen LogP contribution is 2.36. The SMILES string of the molecule is C=CC1C(OC2OC(CO)C(O)C(O)C2OC(C)C)OC=C(C(=O)OC)C1C=CC1=CC(C(=O)O)=C[NH+](CCO)C1. The number of hydrogen-bond donors (Lipinski definition) is 6. The van der Waals surface area contributed by atoms with Crippen molar-refractivity contribution in [3.05, 3.63) is 60.1 Å². The van der Waals surface area contributed by atoms with Crippen LogP contribution in [0.2, 0.25) is 0 Å². The van der Waals surface area contributed by atoms with Gasteiger partial charge in [0.2, 0.25) is 6.29 Å². The van der Waals surface area contributed by atoms with Crippen LogP contribution >= 0.6 is 0 Å². The van der Waals surface area contributed by atoms with Crippen LogP contribution in [0.1, 0.15) is 13.8 Å². The van der Waals surface area contributed by atoms with E-state index in [1.807, 2.05) is 0 Å². The molecule has 3 aliphatic heterocycles. The molecule has 0 aliphatic carbocycles. The zero-order chi connectivity index (χ0) is 30.3. The fourth-order valence-electron chi connectivity index (χ4n) is 4.95. The molecule has 1 saturated heterocycles. The molecule has 9 unspecified atom stereocenters. The Morgan fingerprint density at radius 2 is 1.95 bits per heavy atom. The first-order valence-corrected chi connectivity index (χ1v) is 13.3. The molecule has 6 N–H and O–H groups in total. The smallest absolute Gasteiger partial charge is 0.341 e. The van der Waals surface area contributed by atoms with Crippen LogP contribution in [0.15, 0.2) is 60.1 Å². The topological polar surface area (TPSA) is 186 Å². The summed E-state index contributed by atoms with van der Waals surface area (Å²) in [5.74, 6) is -3.17. The van der Waals surface area contributed by atoms with E-state index < -0.39 is 67.4 Å². The van der Waals surface area contributed by atoms with Crippen molar-refractivity contribution in [2.45, 2.75) is 56.9 Å². The van der Waals surface area contributed by atoms with Crippen LogP contribution in [0.3, 0.4) is 0 Å². The van der Waals surface area contributed by atoms with Gasteiger partial charge in [0, 0.05) is 11.5 Å². The minimum atomic E-state index is -1.44. The summed E-state index contributed by atoms with van der Waals surface area (Å²) in [6, 6.07) is 0. The molecule has 1 fully saturated rings. The maximum atomic E-state index is 12.7. The highest BCUT2D eigenvalue weighted by molar-refractivity contribution is 5.90. The van der Waals surface area contributed by atoms with Crippen molar-refractivity contribution < 1.29 is 63.7 Å². The molecule has 0 radical (unpaired) electrons. The average Bonchev–Trinajstić information content (AvgIpc) is 2.95. The van der Waals surface area contributed by atoms with Gasteiger partial charge < -0.3 is 54.1 Å². The van der Waals surface area contributed by atoms with Gasteiger partial charge in [-0.2, -0.15) is 0 Å². The van der Waals surface area contributed by atoms with Gasteiger partial charge in [-0.25, -0.2) is 9.59 Å². The van der Waals surface area contributed by atoms with Crippen LogP contribution < -0.4 is 4.90 Å². The summed E-state index contributed by atoms with van der Waals surface area (Å²) in [7, 11) is 1.23. The number of nitrogens with one attached hydrogen (secondary N) is 1. The van der Waals surface area contributed by atoms with Gasteiger partial charge in [-0.05, 0) is 19.9 Å². The van der Waals surface area contributed by atoms with Crippen LogP contribution in [0.5, 0.6) is 0 Å². The van der Waals surface area contributed by atoms with Crippen molar-refractivity contribution in [2.75, 3.05) is 33.4 Å². The van der Waals surface area contributed by atoms with Crippen LogP contribution in [-0.4, -0.2) is 114 Å². The summed E-state index contributed by atoms with van der Waals surface area (Å²) in [6.45, 7) is 7.35. The van der Waals surface area contributed by atoms with E-state index in [-0.39, 0.29) is 23.9 Å².